The number of carbonyl (C=O) groups excluding carboxylic acids is 1. The molecule has 168 valence electrons. The van der Waals surface area contributed by atoms with E-state index in [1.165, 1.54) is 24.2 Å². The summed E-state index contributed by atoms with van der Waals surface area (Å²) < 4.78 is 6.72. The van der Waals surface area contributed by atoms with Crippen LogP contribution in [0.2, 0.25) is 0 Å². The smallest absolute Gasteiger partial charge is 0.282 e. The molecule has 0 unspecified atom stereocenters. The largest absolute Gasteiger partial charge is 0.497 e. The zero-order valence-electron chi connectivity index (χ0n) is 18.3. The predicted molar refractivity (Wildman–Crippen MR) is 129 cm³/mol. The van der Waals surface area contributed by atoms with Crippen molar-refractivity contribution in [2.24, 2.45) is 0 Å². The van der Waals surface area contributed by atoms with Gasteiger partial charge in [0.1, 0.15) is 5.75 Å². The zero-order chi connectivity index (χ0) is 23.2. The maximum Gasteiger partial charge on any atom is 0.282 e. The summed E-state index contributed by atoms with van der Waals surface area (Å²) in [6, 6.07) is 16.8. The molecule has 0 aliphatic rings. The van der Waals surface area contributed by atoms with Crippen molar-refractivity contribution < 1.29 is 9.53 Å². The Bertz CT molecular complexity index is 1310. The van der Waals surface area contributed by atoms with E-state index < -0.39 is 5.25 Å². The molecule has 1 N–H and O–H groups in total. The minimum atomic E-state index is -0.463. The first-order valence-electron chi connectivity index (χ1n) is 10.5. The van der Waals surface area contributed by atoms with Gasteiger partial charge in [-0.2, -0.15) is 0 Å². The first-order chi connectivity index (χ1) is 16.1. The van der Waals surface area contributed by atoms with E-state index in [2.05, 4.69) is 20.3 Å². The van der Waals surface area contributed by atoms with Crippen molar-refractivity contribution in [1.82, 2.24) is 19.5 Å². The molecule has 2 aromatic heterocycles. The van der Waals surface area contributed by atoms with E-state index in [4.69, 9.17) is 4.74 Å². The third-order valence-corrected chi connectivity index (χ3v) is 6.37. The van der Waals surface area contributed by atoms with E-state index >= 15 is 0 Å². The monoisotopic (exact) mass is 461 g/mol. The average molecular weight is 462 g/mol. The lowest BCUT2D eigenvalue weighted by molar-refractivity contribution is -0.115. The van der Waals surface area contributed by atoms with E-state index in [-0.39, 0.29) is 22.6 Å². The molecule has 9 heteroatoms. The fraction of sp³-hybridized carbons (Fsp3) is 0.208. The molecule has 4 rings (SSSR count). The van der Waals surface area contributed by atoms with Gasteiger partial charge in [-0.1, -0.05) is 49.0 Å². The predicted octanol–water partition coefficient (Wildman–Crippen LogP) is 3.75. The van der Waals surface area contributed by atoms with Gasteiger partial charge in [-0.25, -0.2) is 15.0 Å². The minimum absolute atomic E-state index is 0.174. The number of carbonyl (C=O) groups is 1. The van der Waals surface area contributed by atoms with Gasteiger partial charge in [0.05, 0.1) is 18.9 Å². The second-order valence-corrected chi connectivity index (χ2v) is 8.40. The summed E-state index contributed by atoms with van der Waals surface area (Å²) in [5.41, 5.74) is 1.79. The Morgan fingerprint density at radius 1 is 1.09 bits per heavy atom. The first-order valence-corrected chi connectivity index (χ1v) is 11.3. The number of rotatable bonds is 8. The number of amides is 1. The number of anilines is 1. The van der Waals surface area contributed by atoms with Gasteiger partial charge in [0, 0.05) is 18.1 Å². The van der Waals surface area contributed by atoms with Crippen LogP contribution in [0.25, 0.3) is 11.2 Å². The number of methoxy groups -OCH3 is 1. The van der Waals surface area contributed by atoms with Crippen molar-refractivity contribution in [3.05, 3.63) is 82.9 Å². The topological polar surface area (TPSA) is 99.0 Å². The van der Waals surface area contributed by atoms with Gasteiger partial charge < -0.3 is 10.1 Å². The molecule has 1 atom stereocenters. The second kappa shape index (κ2) is 10.3. The van der Waals surface area contributed by atoms with Crippen molar-refractivity contribution in [1.29, 1.82) is 0 Å². The Morgan fingerprint density at radius 3 is 2.52 bits per heavy atom. The van der Waals surface area contributed by atoms with Crippen LogP contribution in [0.4, 0.5) is 5.69 Å². The standard InChI is InChI=1S/C24H23N5O3S/c1-3-19(22(30)27-17-9-11-18(32-2)12-10-17)33-24-28-21-20(25-13-14-26-21)23(31)29(24)15-16-7-5-4-6-8-16/h4-14,19H,3,15H2,1-2H3,(H,27,30)/t19-/m1/s1. The second-order valence-electron chi connectivity index (χ2n) is 7.23. The van der Waals surface area contributed by atoms with E-state index in [9.17, 15) is 9.59 Å². The van der Waals surface area contributed by atoms with Gasteiger partial charge >= 0.3 is 0 Å². The maximum atomic E-state index is 13.2. The summed E-state index contributed by atoms with van der Waals surface area (Å²) >= 11 is 1.25. The Labute approximate surface area is 195 Å². The van der Waals surface area contributed by atoms with Crippen molar-refractivity contribution in [2.75, 3.05) is 12.4 Å². The number of aromatic nitrogens is 4. The molecule has 4 aromatic rings. The first kappa shape index (κ1) is 22.5. The lowest BCUT2D eigenvalue weighted by Crippen LogP contribution is -2.29. The van der Waals surface area contributed by atoms with Gasteiger partial charge in [0.2, 0.25) is 5.91 Å². The Kier molecular flexibility index (Phi) is 6.99. The normalized spacial score (nSPS) is 11.8. The summed E-state index contributed by atoms with van der Waals surface area (Å²) in [5.74, 6) is 0.535. The molecule has 0 spiro atoms. The Morgan fingerprint density at radius 2 is 1.82 bits per heavy atom. The number of benzene rings is 2. The Balaban J connectivity index is 1.65. The highest BCUT2D eigenvalue weighted by molar-refractivity contribution is 8.00. The Hall–Kier alpha value is -3.72. The molecule has 0 saturated carbocycles. The number of hydrogen-bond acceptors (Lipinski definition) is 7. The quantitative estimate of drug-likeness (QED) is 0.315. The summed E-state index contributed by atoms with van der Waals surface area (Å²) in [7, 11) is 1.59. The molecule has 8 nitrogen and oxygen atoms in total. The van der Waals surface area contributed by atoms with Gasteiger partial charge in [-0.05, 0) is 36.2 Å². The maximum absolute atomic E-state index is 13.2. The number of nitrogens with one attached hydrogen (secondary N) is 1. The fourth-order valence-corrected chi connectivity index (χ4v) is 4.27. The SMILES string of the molecule is CC[C@@H](Sc1nc2nccnc2c(=O)n1Cc1ccccc1)C(=O)Nc1ccc(OC)cc1. The number of hydrogen-bond donors (Lipinski definition) is 1. The van der Waals surface area contributed by atoms with Crippen LogP contribution in [-0.2, 0) is 11.3 Å². The van der Waals surface area contributed by atoms with Crippen molar-refractivity contribution in [3.8, 4) is 5.75 Å². The molecule has 33 heavy (non-hydrogen) atoms. The molecule has 0 aliphatic carbocycles. The van der Waals surface area contributed by atoms with Crippen molar-refractivity contribution in [3.63, 3.8) is 0 Å². The van der Waals surface area contributed by atoms with Crippen LogP contribution in [0, 0.1) is 0 Å². The molecule has 0 radical (unpaired) electrons. The number of fused-ring (bicyclic) bond motifs is 1. The van der Waals surface area contributed by atoms with Crippen LogP contribution in [0.5, 0.6) is 5.75 Å². The lowest BCUT2D eigenvalue weighted by atomic mass is 10.2. The van der Waals surface area contributed by atoms with Crippen molar-refractivity contribution in [2.45, 2.75) is 30.3 Å². The van der Waals surface area contributed by atoms with E-state index in [1.54, 1.807) is 35.9 Å². The third-order valence-electron chi connectivity index (χ3n) is 5.01. The number of ether oxygens (including phenoxy) is 1. The average Bonchev–Trinajstić information content (AvgIpc) is 2.85. The molecule has 0 bridgehead atoms. The van der Waals surface area contributed by atoms with Crippen molar-refractivity contribution >= 4 is 34.5 Å². The molecule has 2 aromatic carbocycles. The van der Waals surface area contributed by atoms with Gasteiger partial charge in [-0.3, -0.25) is 14.2 Å². The van der Waals surface area contributed by atoms with Crippen LogP contribution in [0.1, 0.15) is 18.9 Å². The van der Waals surface area contributed by atoms with Crippen LogP contribution < -0.4 is 15.6 Å². The minimum Gasteiger partial charge on any atom is -0.497 e. The highest BCUT2D eigenvalue weighted by Crippen LogP contribution is 2.26. The molecular formula is C24H23N5O3S. The molecule has 2 heterocycles. The van der Waals surface area contributed by atoms with Gasteiger partial charge in [-0.15, -0.1) is 0 Å². The molecule has 1 amide bonds. The fourth-order valence-electron chi connectivity index (χ4n) is 3.27. The summed E-state index contributed by atoms with van der Waals surface area (Å²) in [6.07, 6.45) is 3.52. The summed E-state index contributed by atoms with van der Waals surface area (Å²) in [5, 5.41) is 2.89. The highest BCUT2D eigenvalue weighted by Gasteiger charge is 2.23. The molecular weight excluding hydrogens is 438 g/mol. The lowest BCUT2D eigenvalue weighted by Gasteiger charge is -2.18. The highest BCUT2D eigenvalue weighted by atomic mass is 32.2. The number of nitrogens with zero attached hydrogens (tertiary/aromatic N) is 4. The molecule has 0 aliphatic heterocycles. The van der Waals surface area contributed by atoms with Crippen LogP contribution in [0.3, 0.4) is 0 Å². The summed E-state index contributed by atoms with van der Waals surface area (Å²) in [4.78, 5) is 39.2. The third kappa shape index (κ3) is 5.20. The van der Waals surface area contributed by atoms with Gasteiger partial charge in [0.25, 0.3) is 5.56 Å². The number of thioether (sulfide) groups is 1. The molecule has 0 fully saturated rings. The van der Waals surface area contributed by atoms with Crippen LogP contribution in [0.15, 0.2) is 76.9 Å². The molecule has 0 saturated heterocycles. The van der Waals surface area contributed by atoms with E-state index in [0.717, 1.165) is 5.56 Å². The zero-order valence-corrected chi connectivity index (χ0v) is 19.1. The van der Waals surface area contributed by atoms with E-state index in [0.29, 0.717) is 29.6 Å². The van der Waals surface area contributed by atoms with Crippen LogP contribution >= 0.6 is 11.8 Å². The van der Waals surface area contributed by atoms with E-state index in [1.807, 2.05) is 37.3 Å². The van der Waals surface area contributed by atoms with Gasteiger partial charge in [0.15, 0.2) is 16.3 Å². The summed E-state index contributed by atoms with van der Waals surface area (Å²) in [6.45, 7) is 2.24. The van der Waals surface area contributed by atoms with Crippen LogP contribution in [-0.4, -0.2) is 37.8 Å².